The Morgan fingerprint density at radius 3 is 2.58 bits per heavy atom. The smallest absolute Gasteiger partial charge is 0.271 e. The summed E-state index contributed by atoms with van der Waals surface area (Å²) in [5.41, 5.74) is 2.08. The van der Waals surface area contributed by atoms with Crippen LogP contribution in [0.3, 0.4) is 0 Å². The molecule has 0 unspecified atom stereocenters. The molecule has 1 amide bonds. The van der Waals surface area contributed by atoms with Crippen LogP contribution in [0, 0.1) is 5.82 Å². The van der Waals surface area contributed by atoms with E-state index in [9.17, 15) is 14.3 Å². The van der Waals surface area contributed by atoms with Crippen molar-refractivity contribution in [3.05, 3.63) is 59.4 Å². The van der Waals surface area contributed by atoms with Gasteiger partial charge in [-0.05, 0) is 43.7 Å². The van der Waals surface area contributed by atoms with E-state index in [0.29, 0.717) is 17.1 Å². The van der Waals surface area contributed by atoms with Crippen molar-refractivity contribution in [3.8, 4) is 11.5 Å². The standard InChI is InChI=1S/C19H21FN2O4/c1-19(2,24)18(23)22-21-11-14-5-4-6-16(25-3)17(14)26-12-13-7-9-15(20)10-8-13/h4-11,24H,12H2,1-3H3,(H,22,23). The highest BCUT2D eigenvalue weighted by Crippen LogP contribution is 2.30. The number of aliphatic hydroxyl groups is 1. The number of carbonyl (C=O) groups is 1. The zero-order valence-electron chi connectivity index (χ0n) is 14.8. The second-order valence-corrected chi connectivity index (χ2v) is 6.05. The monoisotopic (exact) mass is 360 g/mol. The third kappa shape index (κ3) is 5.29. The van der Waals surface area contributed by atoms with Gasteiger partial charge in [-0.2, -0.15) is 5.10 Å². The summed E-state index contributed by atoms with van der Waals surface area (Å²) in [4.78, 5) is 11.6. The first-order valence-corrected chi connectivity index (χ1v) is 7.91. The Balaban J connectivity index is 2.16. The third-order valence-corrected chi connectivity index (χ3v) is 3.45. The van der Waals surface area contributed by atoms with Crippen molar-refractivity contribution in [3.63, 3.8) is 0 Å². The van der Waals surface area contributed by atoms with E-state index in [1.54, 1.807) is 30.3 Å². The number of hydrogen-bond donors (Lipinski definition) is 2. The van der Waals surface area contributed by atoms with Crippen LogP contribution in [0.1, 0.15) is 25.0 Å². The lowest BCUT2D eigenvalue weighted by atomic mass is 10.1. The van der Waals surface area contributed by atoms with Gasteiger partial charge in [0.1, 0.15) is 18.0 Å². The van der Waals surface area contributed by atoms with E-state index in [2.05, 4.69) is 10.5 Å². The Morgan fingerprint density at radius 1 is 1.27 bits per heavy atom. The SMILES string of the molecule is COc1cccc(C=NNC(=O)C(C)(C)O)c1OCc1ccc(F)cc1. The topological polar surface area (TPSA) is 80.2 Å². The molecule has 0 atom stereocenters. The highest BCUT2D eigenvalue weighted by atomic mass is 19.1. The number of para-hydroxylation sites is 1. The minimum atomic E-state index is -1.53. The Bertz CT molecular complexity index is 783. The summed E-state index contributed by atoms with van der Waals surface area (Å²) < 4.78 is 24.1. The van der Waals surface area contributed by atoms with Gasteiger partial charge in [0.15, 0.2) is 11.5 Å². The van der Waals surface area contributed by atoms with Crippen LogP contribution in [0.4, 0.5) is 4.39 Å². The molecule has 0 aliphatic rings. The summed E-state index contributed by atoms with van der Waals surface area (Å²) in [5, 5.41) is 13.4. The number of hydrazone groups is 1. The summed E-state index contributed by atoms with van der Waals surface area (Å²) in [7, 11) is 1.51. The first-order valence-electron chi connectivity index (χ1n) is 7.91. The second kappa shape index (κ2) is 8.44. The van der Waals surface area contributed by atoms with E-state index in [1.807, 2.05) is 0 Å². The van der Waals surface area contributed by atoms with Crippen molar-refractivity contribution in [2.75, 3.05) is 7.11 Å². The number of nitrogens with zero attached hydrogens (tertiary/aromatic N) is 1. The quantitative estimate of drug-likeness (QED) is 0.588. The summed E-state index contributed by atoms with van der Waals surface area (Å²) in [5.74, 6) is -0.0303. The van der Waals surface area contributed by atoms with Gasteiger partial charge in [0.25, 0.3) is 5.91 Å². The van der Waals surface area contributed by atoms with E-state index >= 15 is 0 Å². The summed E-state index contributed by atoms with van der Waals surface area (Å²) in [6, 6.07) is 11.2. The summed E-state index contributed by atoms with van der Waals surface area (Å²) in [6.07, 6.45) is 1.39. The molecule has 0 aliphatic carbocycles. The lowest BCUT2D eigenvalue weighted by molar-refractivity contribution is -0.136. The predicted molar refractivity (Wildman–Crippen MR) is 95.8 cm³/mol. The first kappa shape index (κ1) is 19.4. The van der Waals surface area contributed by atoms with Crippen LogP contribution in [0.2, 0.25) is 0 Å². The number of rotatable bonds is 7. The van der Waals surface area contributed by atoms with Crippen LogP contribution in [0.25, 0.3) is 0 Å². The molecule has 0 fully saturated rings. The van der Waals surface area contributed by atoms with E-state index < -0.39 is 11.5 Å². The Morgan fingerprint density at radius 2 is 1.96 bits per heavy atom. The van der Waals surface area contributed by atoms with Gasteiger partial charge in [0.05, 0.1) is 13.3 Å². The number of methoxy groups -OCH3 is 1. The van der Waals surface area contributed by atoms with Gasteiger partial charge in [0.2, 0.25) is 0 Å². The fourth-order valence-electron chi connectivity index (χ4n) is 1.98. The van der Waals surface area contributed by atoms with Gasteiger partial charge in [-0.25, -0.2) is 9.82 Å². The molecule has 138 valence electrons. The molecule has 2 aromatic carbocycles. The average Bonchev–Trinajstić information content (AvgIpc) is 2.60. The van der Waals surface area contributed by atoms with Gasteiger partial charge >= 0.3 is 0 Å². The number of carbonyl (C=O) groups excluding carboxylic acids is 1. The van der Waals surface area contributed by atoms with Crippen LogP contribution in [-0.2, 0) is 11.4 Å². The van der Waals surface area contributed by atoms with Crippen molar-refractivity contribution < 1.29 is 23.8 Å². The molecule has 7 heteroatoms. The Kier molecular flexibility index (Phi) is 6.30. The number of nitrogens with one attached hydrogen (secondary N) is 1. The van der Waals surface area contributed by atoms with E-state index in [4.69, 9.17) is 9.47 Å². The molecule has 0 bridgehead atoms. The molecule has 0 radical (unpaired) electrons. The van der Waals surface area contributed by atoms with Gasteiger partial charge < -0.3 is 14.6 Å². The van der Waals surface area contributed by atoms with Crippen LogP contribution < -0.4 is 14.9 Å². The largest absolute Gasteiger partial charge is 0.493 e. The molecular formula is C19H21FN2O4. The lowest BCUT2D eigenvalue weighted by Gasteiger charge is -2.14. The van der Waals surface area contributed by atoms with Crippen molar-refractivity contribution >= 4 is 12.1 Å². The molecule has 0 saturated heterocycles. The van der Waals surface area contributed by atoms with Gasteiger partial charge in [-0.3, -0.25) is 4.79 Å². The van der Waals surface area contributed by atoms with Crippen LogP contribution in [0.15, 0.2) is 47.6 Å². The van der Waals surface area contributed by atoms with Crippen LogP contribution >= 0.6 is 0 Å². The third-order valence-electron chi connectivity index (χ3n) is 3.45. The van der Waals surface area contributed by atoms with Gasteiger partial charge in [-0.1, -0.05) is 18.2 Å². The number of ether oxygens (including phenoxy) is 2. The Hall–Kier alpha value is -2.93. The average molecular weight is 360 g/mol. The Labute approximate surface area is 151 Å². The molecule has 0 heterocycles. The van der Waals surface area contributed by atoms with Crippen molar-refractivity contribution in [2.45, 2.75) is 26.1 Å². The van der Waals surface area contributed by atoms with Gasteiger partial charge in [0, 0.05) is 5.56 Å². The van der Waals surface area contributed by atoms with E-state index in [0.717, 1.165) is 5.56 Å². The second-order valence-electron chi connectivity index (χ2n) is 6.05. The maximum Gasteiger partial charge on any atom is 0.271 e. The molecule has 0 aliphatic heterocycles. The molecule has 2 N–H and O–H groups in total. The van der Waals surface area contributed by atoms with Crippen molar-refractivity contribution in [2.24, 2.45) is 5.10 Å². The fraction of sp³-hybridized carbons (Fsp3) is 0.263. The highest BCUT2D eigenvalue weighted by Gasteiger charge is 2.23. The maximum absolute atomic E-state index is 13.0. The van der Waals surface area contributed by atoms with Gasteiger partial charge in [-0.15, -0.1) is 0 Å². The molecule has 6 nitrogen and oxygen atoms in total. The number of halogens is 1. The molecule has 2 aromatic rings. The normalized spacial score (nSPS) is 11.4. The molecule has 0 aromatic heterocycles. The first-order chi connectivity index (χ1) is 12.3. The van der Waals surface area contributed by atoms with Crippen LogP contribution in [-0.4, -0.2) is 29.9 Å². The number of hydrogen-bond acceptors (Lipinski definition) is 5. The zero-order chi connectivity index (χ0) is 19.2. The molecular weight excluding hydrogens is 339 g/mol. The van der Waals surface area contributed by atoms with E-state index in [1.165, 1.54) is 39.3 Å². The number of benzene rings is 2. The molecule has 0 spiro atoms. The fourth-order valence-corrected chi connectivity index (χ4v) is 1.98. The highest BCUT2D eigenvalue weighted by molar-refractivity contribution is 5.88. The number of amides is 1. The van der Waals surface area contributed by atoms with Crippen molar-refractivity contribution in [1.29, 1.82) is 0 Å². The molecule has 2 rings (SSSR count). The van der Waals surface area contributed by atoms with Crippen molar-refractivity contribution in [1.82, 2.24) is 5.43 Å². The van der Waals surface area contributed by atoms with Crippen LogP contribution in [0.5, 0.6) is 11.5 Å². The zero-order valence-corrected chi connectivity index (χ0v) is 14.8. The predicted octanol–water partition coefficient (Wildman–Crippen LogP) is 2.63. The molecule has 26 heavy (non-hydrogen) atoms. The summed E-state index contributed by atoms with van der Waals surface area (Å²) in [6.45, 7) is 2.93. The minimum Gasteiger partial charge on any atom is -0.493 e. The summed E-state index contributed by atoms with van der Waals surface area (Å²) >= 11 is 0. The lowest BCUT2D eigenvalue weighted by Crippen LogP contribution is -2.39. The molecule has 0 saturated carbocycles. The minimum absolute atomic E-state index is 0.206. The maximum atomic E-state index is 13.0. The van der Waals surface area contributed by atoms with E-state index in [-0.39, 0.29) is 12.4 Å².